The van der Waals surface area contributed by atoms with Gasteiger partial charge in [-0.1, -0.05) is 0 Å². The number of hydrogen-bond donors (Lipinski definition) is 0. The van der Waals surface area contributed by atoms with Crippen LogP contribution in [0.3, 0.4) is 0 Å². The summed E-state index contributed by atoms with van der Waals surface area (Å²) in [6.07, 6.45) is -4.21. The fourth-order valence-corrected chi connectivity index (χ4v) is 1.15. The molecule has 0 aromatic heterocycles. The molecule has 12 heavy (non-hydrogen) atoms. The predicted molar refractivity (Wildman–Crippen MR) is 38.5 cm³/mol. The van der Waals surface area contributed by atoms with Gasteiger partial charge in [-0.25, -0.2) is 0 Å². The summed E-state index contributed by atoms with van der Waals surface area (Å²) in [5, 5.41) is 0. The lowest BCUT2D eigenvalue weighted by Crippen LogP contribution is -2.37. The summed E-state index contributed by atoms with van der Waals surface area (Å²) in [5.74, 6) is 0.398. The summed E-state index contributed by atoms with van der Waals surface area (Å²) in [6.45, 7) is 3.91. The van der Waals surface area contributed by atoms with E-state index >= 15 is 0 Å². The molecule has 0 aromatic carbocycles. The molecule has 0 saturated heterocycles. The molecule has 0 saturated carbocycles. The Bertz CT molecular complexity index is 229. The third-order valence-electron chi connectivity index (χ3n) is 2.56. The maximum Gasteiger partial charge on any atom is 0.401 e. The molecule has 1 atom stereocenters. The first-order chi connectivity index (χ1) is 5.29. The normalized spacial score (nSPS) is 30.8. The quantitative estimate of drug-likeness (QED) is 0.557. The average molecular weight is 180 g/mol. The van der Waals surface area contributed by atoms with Crippen LogP contribution in [0.4, 0.5) is 13.2 Å². The number of allylic oxidation sites excluding steroid dienone is 1. The molecule has 0 N–H and O–H groups in total. The third kappa shape index (κ3) is 1.09. The van der Waals surface area contributed by atoms with E-state index in [2.05, 4.69) is 0 Å². The van der Waals surface area contributed by atoms with Gasteiger partial charge in [0.05, 0.1) is 5.76 Å². The average Bonchev–Trinajstić information content (AvgIpc) is 2.16. The molecule has 0 radical (unpaired) electrons. The summed E-state index contributed by atoms with van der Waals surface area (Å²) in [5.41, 5.74) is -1.49. The molecule has 70 valence electrons. The predicted octanol–water partition coefficient (Wildman–Crippen LogP) is 2.88. The zero-order valence-corrected chi connectivity index (χ0v) is 7.25. The number of rotatable bonds is 0. The van der Waals surface area contributed by atoms with Crippen molar-refractivity contribution in [3.63, 3.8) is 0 Å². The van der Waals surface area contributed by atoms with Crippen LogP contribution in [0.1, 0.15) is 20.8 Å². The van der Waals surface area contributed by atoms with E-state index < -0.39 is 11.6 Å². The van der Waals surface area contributed by atoms with Crippen molar-refractivity contribution in [3.05, 3.63) is 11.3 Å². The molecule has 0 aromatic rings. The standard InChI is InChI=1S/C8H11F3O/c1-5-6(2)12-4-7(5,3)8(9,10)11/h4H2,1-3H3. The third-order valence-corrected chi connectivity index (χ3v) is 2.56. The molecule has 4 heteroatoms. The summed E-state index contributed by atoms with van der Waals surface area (Å²) in [4.78, 5) is 0. The molecule has 1 nitrogen and oxygen atoms in total. The topological polar surface area (TPSA) is 9.23 Å². The molecular formula is C8H11F3O. The van der Waals surface area contributed by atoms with Crippen molar-refractivity contribution in [1.82, 2.24) is 0 Å². The van der Waals surface area contributed by atoms with Crippen LogP contribution >= 0.6 is 0 Å². The van der Waals surface area contributed by atoms with E-state index in [1.165, 1.54) is 13.8 Å². The van der Waals surface area contributed by atoms with Crippen molar-refractivity contribution in [1.29, 1.82) is 0 Å². The van der Waals surface area contributed by atoms with Gasteiger partial charge in [-0.05, 0) is 26.3 Å². The molecule has 0 aliphatic carbocycles. The van der Waals surface area contributed by atoms with Crippen LogP contribution in [0.2, 0.25) is 0 Å². The van der Waals surface area contributed by atoms with Crippen molar-refractivity contribution in [2.24, 2.45) is 5.41 Å². The highest BCUT2D eigenvalue weighted by atomic mass is 19.4. The zero-order chi connectivity index (χ0) is 9.57. The molecule has 0 amide bonds. The lowest BCUT2D eigenvalue weighted by molar-refractivity contribution is -0.207. The second kappa shape index (κ2) is 2.41. The highest BCUT2D eigenvalue weighted by Crippen LogP contribution is 2.48. The lowest BCUT2D eigenvalue weighted by atomic mass is 9.84. The van der Waals surface area contributed by atoms with Crippen molar-refractivity contribution >= 4 is 0 Å². The van der Waals surface area contributed by atoms with Crippen molar-refractivity contribution < 1.29 is 17.9 Å². The highest BCUT2D eigenvalue weighted by molar-refractivity contribution is 5.21. The lowest BCUT2D eigenvalue weighted by Gasteiger charge is -2.26. The van der Waals surface area contributed by atoms with Gasteiger partial charge in [0, 0.05) is 0 Å². The maximum absolute atomic E-state index is 12.5. The van der Waals surface area contributed by atoms with E-state index in [-0.39, 0.29) is 12.2 Å². The minimum atomic E-state index is -4.21. The first-order valence-electron chi connectivity index (χ1n) is 3.66. The monoisotopic (exact) mass is 180 g/mol. The highest BCUT2D eigenvalue weighted by Gasteiger charge is 2.56. The first kappa shape index (κ1) is 9.42. The van der Waals surface area contributed by atoms with Crippen LogP contribution in [-0.2, 0) is 4.74 Å². The fraction of sp³-hybridized carbons (Fsp3) is 0.750. The van der Waals surface area contributed by atoms with Crippen LogP contribution < -0.4 is 0 Å². The van der Waals surface area contributed by atoms with Gasteiger partial charge in [-0.15, -0.1) is 0 Å². The number of ether oxygens (including phenoxy) is 1. The van der Waals surface area contributed by atoms with E-state index in [1.807, 2.05) is 0 Å². The Kier molecular flexibility index (Phi) is 1.89. The number of halogens is 3. The van der Waals surface area contributed by atoms with E-state index in [1.54, 1.807) is 6.92 Å². The number of alkyl halides is 3. The van der Waals surface area contributed by atoms with Gasteiger partial charge in [0.15, 0.2) is 0 Å². The fourth-order valence-electron chi connectivity index (χ4n) is 1.15. The first-order valence-corrected chi connectivity index (χ1v) is 3.66. The largest absolute Gasteiger partial charge is 0.497 e. The van der Waals surface area contributed by atoms with Crippen LogP contribution in [-0.4, -0.2) is 12.8 Å². The van der Waals surface area contributed by atoms with Gasteiger partial charge in [0.1, 0.15) is 12.0 Å². The van der Waals surface area contributed by atoms with Gasteiger partial charge < -0.3 is 4.74 Å². The number of hydrogen-bond acceptors (Lipinski definition) is 1. The maximum atomic E-state index is 12.5. The Morgan fingerprint density at radius 3 is 2.00 bits per heavy atom. The van der Waals surface area contributed by atoms with Crippen molar-refractivity contribution in [2.75, 3.05) is 6.61 Å². The molecule has 1 aliphatic heterocycles. The molecular weight excluding hydrogens is 169 g/mol. The van der Waals surface area contributed by atoms with E-state index in [0.717, 1.165) is 0 Å². The smallest absolute Gasteiger partial charge is 0.401 e. The Hall–Kier alpha value is -0.670. The van der Waals surface area contributed by atoms with Gasteiger partial charge >= 0.3 is 6.18 Å². The van der Waals surface area contributed by atoms with Crippen LogP contribution in [0.15, 0.2) is 11.3 Å². The van der Waals surface area contributed by atoms with Crippen LogP contribution in [0.25, 0.3) is 0 Å². The van der Waals surface area contributed by atoms with Crippen molar-refractivity contribution in [2.45, 2.75) is 26.9 Å². The molecule has 0 spiro atoms. The Morgan fingerprint density at radius 2 is 1.83 bits per heavy atom. The molecule has 0 bridgehead atoms. The Balaban J connectivity index is 3.04. The SMILES string of the molecule is CC1=C(C)C(C)(C(F)(F)F)CO1. The minimum Gasteiger partial charge on any atom is -0.497 e. The van der Waals surface area contributed by atoms with Gasteiger partial charge in [0.25, 0.3) is 0 Å². The van der Waals surface area contributed by atoms with E-state index in [4.69, 9.17) is 4.74 Å². The second-order valence-electron chi connectivity index (χ2n) is 3.30. The van der Waals surface area contributed by atoms with Crippen LogP contribution in [0.5, 0.6) is 0 Å². The summed E-state index contributed by atoms with van der Waals surface area (Å²) >= 11 is 0. The molecule has 1 rings (SSSR count). The molecule has 1 aliphatic rings. The van der Waals surface area contributed by atoms with Gasteiger partial charge in [-0.3, -0.25) is 0 Å². The minimum absolute atomic E-state index is 0.284. The molecule has 1 heterocycles. The van der Waals surface area contributed by atoms with Gasteiger partial charge in [0.2, 0.25) is 0 Å². The zero-order valence-electron chi connectivity index (χ0n) is 7.25. The summed E-state index contributed by atoms with van der Waals surface area (Å²) in [7, 11) is 0. The molecule has 0 fully saturated rings. The van der Waals surface area contributed by atoms with E-state index in [9.17, 15) is 13.2 Å². The van der Waals surface area contributed by atoms with Crippen molar-refractivity contribution in [3.8, 4) is 0 Å². The summed E-state index contributed by atoms with van der Waals surface area (Å²) < 4.78 is 42.2. The summed E-state index contributed by atoms with van der Waals surface area (Å²) in [6, 6.07) is 0. The van der Waals surface area contributed by atoms with E-state index in [0.29, 0.717) is 5.76 Å². The van der Waals surface area contributed by atoms with Gasteiger partial charge in [-0.2, -0.15) is 13.2 Å². The second-order valence-corrected chi connectivity index (χ2v) is 3.30. The van der Waals surface area contributed by atoms with Crippen LogP contribution in [0, 0.1) is 5.41 Å². The Labute approximate surface area is 69.2 Å². The Morgan fingerprint density at radius 1 is 1.33 bits per heavy atom. The molecule has 1 unspecified atom stereocenters.